The maximum atomic E-state index is 8.98. The second-order valence-electron chi connectivity index (χ2n) is 3.93. The van der Waals surface area contributed by atoms with Gasteiger partial charge in [0.2, 0.25) is 0 Å². The van der Waals surface area contributed by atoms with Gasteiger partial charge in [-0.2, -0.15) is 5.26 Å². The third-order valence-corrected chi connectivity index (χ3v) is 2.60. The molecule has 0 aliphatic rings. The SMILES string of the molecule is CNc1ncc(C#N)c2occ(C(C)C)c12. The van der Waals surface area contributed by atoms with Crippen molar-refractivity contribution in [3.8, 4) is 6.07 Å². The van der Waals surface area contributed by atoms with E-state index in [-0.39, 0.29) is 0 Å². The van der Waals surface area contributed by atoms with Gasteiger partial charge in [0.15, 0.2) is 5.58 Å². The summed E-state index contributed by atoms with van der Waals surface area (Å²) in [7, 11) is 1.81. The highest BCUT2D eigenvalue weighted by atomic mass is 16.3. The highest BCUT2D eigenvalue weighted by molar-refractivity contribution is 5.94. The molecule has 2 aromatic rings. The predicted molar refractivity (Wildman–Crippen MR) is 62.4 cm³/mol. The molecule has 2 heterocycles. The Morgan fingerprint density at radius 3 is 2.81 bits per heavy atom. The van der Waals surface area contributed by atoms with Gasteiger partial charge in [-0.1, -0.05) is 13.8 Å². The van der Waals surface area contributed by atoms with E-state index in [1.807, 2.05) is 7.05 Å². The molecule has 0 atom stereocenters. The van der Waals surface area contributed by atoms with Gasteiger partial charge in [-0.25, -0.2) is 4.98 Å². The van der Waals surface area contributed by atoms with E-state index in [2.05, 4.69) is 30.2 Å². The quantitative estimate of drug-likeness (QED) is 0.836. The number of fused-ring (bicyclic) bond motifs is 1. The molecule has 0 bridgehead atoms. The van der Waals surface area contributed by atoms with Gasteiger partial charge in [-0.15, -0.1) is 0 Å². The number of nitrogens with one attached hydrogen (secondary N) is 1. The van der Waals surface area contributed by atoms with Crippen molar-refractivity contribution >= 4 is 16.8 Å². The van der Waals surface area contributed by atoms with Crippen LogP contribution in [-0.2, 0) is 0 Å². The summed E-state index contributed by atoms with van der Waals surface area (Å²) < 4.78 is 5.47. The summed E-state index contributed by atoms with van der Waals surface area (Å²) in [6, 6.07) is 2.09. The Morgan fingerprint density at radius 2 is 2.25 bits per heavy atom. The fourth-order valence-corrected chi connectivity index (χ4v) is 1.76. The van der Waals surface area contributed by atoms with Crippen molar-refractivity contribution in [2.24, 2.45) is 0 Å². The Morgan fingerprint density at radius 1 is 1.50 bits per heavy atom. The number of aromatic nitrogens is 1. The first-order chi connectivity index (χ1) is 7.69. The predicted octanol–water partition coefficient (Wildman–Crippen LogP) is 2.86. The van der Waals surface area contributed by atoms with Gasteiger partial charge in [0.1, 0.15) is 17.5 Å². The number of anilines is 1. The van der Waals surface area contributed by atoms with Crippen molar-refractivity contribution in [1.82, 2.24) is 4.98 Å². The first-order valence-electron chi connectivity index (χ1n) is 5.17. The standard InChI is InChI=1S/C12H13N3O/c1-7(2)9-6-16-11-8(4-13)5-15-12(14-3)10(9)11/h5-7H,1-3H3,(H,14,15). The zero-order valence-corrected chi connectivity index (χ0v) is 9.53. The lowest BCUT2D eigenvalue weighted by Gasteiger charge is -2.05. The topological polar surface area (TPSA) is 61.9 Å². The maximum Gasteiger partial charge on any atom is 0.157 e. The number of rotatable bonds is 2. The van der Waals surface area contributed by atoms with Gasteiger partial charge in [0, 0.05) is 12.6 Å². The average Bonchev–Trinajstić information content (AvgIpc) is 2.72. The van der Waals surface area contributed by atoms with Gasteiger partial charge in [-0.05, 0) is 5.92 Å². The van der Waals surface area contributed by atoms with Crippen molar-refractivity contribution in [3.05, 3.63) is 23.6 Å². The monoisotopic (exact) mass is 215 g/mol. The molecular formula is C12H13N3O. The molecule has 0 aliphatic heterocycles. The van der Waals surface area contributed by atoms with Crippen LogP contribution in [0.4, 0.5) is 5.82 Å². The van der Waals surface area contributed by atoms with E-state index in [4.69, 9.17) is 9.68 Å². The van der Waals surface area contributed by atoms with E-state index in [1.165, 1.54) is 6.20 Å². The Balaban J connectivity index is 2.84. The van der Waals surface area contributed by atoms with Crippen LogP contribution in [0.15, 0.2) is 16.9 Å². The highest BCUT2D eigenvalue weighted by Crippen LogP contribution is 2.33. The molecule has 1 N–H and O–H groups in total. The van der Waals surface area contributed by atoms with Crippen molar-refractivity contribution in [1.29, 1.82) is 5.26 Å². The number of furan rings is 1. The number of nitriles is 1. The Bertz CT molecular complexity index is 563. The van der Waals surface area contributed by atoms with E-state index < -0.39 is 0 Å². The summed E-state index contributed by atoms with van der Waals surface area (Å²) in [5.41, 5.74) is 2.16. The normalized spacial score (nSPS) is 10.7. The molecule has 0 amide bonds. The second-order valence-corrected chi connectivity index (χ2v) is 3.93. The van der Waals surface area contributed by atoms with Crippen LogP contribution in [0.5, 0.6) is 0 Å². The zero-order valence-electron chi connectivity index (χ0n) is 9.53. The van der Waals surface area contributed by atoms with Crippen LogP contribution >= 0.6 is 0 Å². The lowest BCUT2D eigenvalue weighted by molar-refractivity contribution is 0.605. The van der Waals surface area contributed by atoms with E-state index in [1.54, 1.807) is 6.26 Å². The van der Waals surface area contributed by atoms with E-state index in [9.17, 15) is 0 Å². The molecule has 4 nitrogen and oxygen atoms in total. The summed E-state index contributed by atoms with van der Waals surface area (Å²) in [6.45, 7) is 4.17. The lowest BCUT2D eigenvalue weighted by Crippen LogP contribution is -1.96. The van der Waals surface area contributed by atoms with Crippen LogP contribution in [0, 0.1) is 11.3 Å². The second kappa shape index (κ2) is 3.86. The van der Waals surface area contributed by atoms with Crippen LogP contribution in [0.3, 0.4) is 0 Å². The molecule has 0 spiro atoms. The average molecular weight is 215 g/mol. The molecule has 0 aliphatic carbocycles. The van der Waals surface area contributed by atoms with Crippen LogP contribution in [0.1, 0.15) is 30.9 Å². The van der Waals surface area contributed by atoms with E-state index in [0.29, 0.717) is 17.1 Å². The number of hydrogen-bond donors (Lipinski definition) is 1. The fraction of sp³-hybridized carbons (Fsp3) is 0.333. The maximum absolute atomic E-state index is 8.98. The highest BCUT2D eigenvalue weighted by Gasteiger charge is 2.16. The van der Waals surface area contributed by atoms with Gasteiger partial charge in [0.25, 0.3) is 0 Å². The number of pyridine rings is 1. The Hall–Kier alpha value is -2.02. The molecule has 0 radical (unpaired) electrons. The van der Waals surface area contributed by atoms with E-state index in [0.717, 1.165) is 16.8 Å². The van der Waals surface area contributed by atoms with Crippen LogP contribution in [0.25, 0.3) is 11.0 Å². The molecule has 0 saturated carbocycles. The zero-order chi connectivity index (χ0) is 11.7. The first kappa shape index (κ1) is 10.5. The number of hydrogen-bond acceptors (Lipinski definition) is 4. The summed E-state index contributed by atoms with van der Waals surface area (Å²) in [5, 5.41) is 12.9. The van der Waals surface area contributed by atoms with Crippen molar-refractivity contribution < 1.29 is 4.42 Å². The molecule has 2 aromatic heterocycles. The van der Waals surface area contributed by atoms with E-state index >= 15 is 0 Å². The molecule has 16 heavy (non-hydrogen) atoms. The summed E-state index contributed by atoms with van der Waals surface area (Å²) in [4.78, 5) is 4.22. The third-order valence-electron chi connectivity index (χ3n) is 2.60. The number of nitrogens with zero attached hydrogens (tertiary/aromatic N) is 2. The van der Waals surface area contributed by atoms with Crippen LogP contribution in [0.2, 0.25) is 0 Å². The molecule has 2 rings (SSSR count). The summed E-state index contributed by atoms with van der Waals surface area (Å²) in [6.07, 6.45) is 3.24. The molecule has 0 fully saturated rings. The molecule has 0 saturated heterocycles. The first-order valence-corrected chi connectivity index (χ1v) is 5.17. The largest absolute Gasteiger partial charge is 0.462 e. The fourth-order valence-electron chi connectivity index (χ4n) is 1.76. The lowest BCUT2D eigenvalue weighted by atomic mass is 10.0. The van der Waals surface area contributed by atoms with Gasteiger partial charge in [0.05, 0.1) is 17.8 Å². The summed E-state index contributed by atoms with van der Waals surface area (Å²) >= 11 is 0. The third kappa shape index (κ3) is 1.41. The smallest absolute Gasteiger partial charge is 0.157 e. The molecule has 82 valence electrons. The molecule has 0 aromatic carbocycles. The minimum Gasteiger partial charge on any atom is -0.462 e. The van der Waals surface area contributed by atoms with Gasteiger partial charge in [-0.3, -0.25) is 0 Å². The Labute approximate surface area is 93.9 Å². The van der Waals surface area contributed by atoms with Crippen molar-refractivity contribution in [2.75, 3.05) is 12.4 Å². The Kier molecular flexibility index (Phi) is 2.53. The van der Waals surface area contributed by atoms with Gasteiger partial charge < -0.3 is 9.73 Å². The summed E-state index contributed by atoms with van der Waals surface area (Å²) in [5.74, 6) is 1.09. The molecule has 4 heteroatoms. The minimum absolute atomic E-state index is 0.337. The van der Waals surface area contributed by atoms with Crippen molar-refractivity contribution in [2.45, 2.75) is 19.8 Å². The van der Waals surface area contributed by atoms with Gasteiger partial charge >= 0.3 is 0 Å². The molecular weight excluding hydrogens is 202 g/mol. The molecule has 0 unspecified atom stereocenters. The minimum atomic E-state index is 0.337. The van der Waals surface area contributed by atoms with Crippen LogP contribution < -0.4 is 5.32 Å². The van der Waals surface area contributed by atoms with Crippen molar-refractivity contribution in [3.63, 3.8) is 0 Å². The van der Waals surface area contributed by atoms with Crippen LogP contribution in [-0.4, -0.2) is 12.0 Å².